The van der Waals surface area contributed by atoms with E-state index in [1.54, 1.807) is 12.1 Å². The molecule has 2 rings (SSSR count). The summed E-state index contributed by atoms with van der Waals surface area (Å²) in [7, 11) is 1.39. The first-order valence-electron chi connectivity index (χ1n) is 6.76. The molecule has 0 aliphatic rings. The van der Waals surface area contributed by atoms with E-state index in [0.29, 0.717) is 10.6 Å². The fraction of sp³-hybridized carbons (Fsp3) is 0.176. The van der Waals surface area contributed by atoms with Crippen LogP contribution in [0.1, 0.15) is 27.6 Å². The van der Waals surface area contributed by atoms with Crippen LogP contribution in [0, 0.1) is 5.82 Å². The number of ether oxygens (including phenoxy) is 2. The molecule has 2 aromatic carbocycles. The molecule has 0 radical (unpaired) electrons. The van der Waals surface area contributed by atoms with Crippen LogP contribution in [-0.2, 0) is 4.74 Å². The van der Waals surface area contributed by atoms with Gasteiger partial charge in [0, 0.05) is 16.7 Å². The second-order valence-electron chi connectivity index (χ2n) is 4.76. The van der Waals surface area contributed by atoms with Crippen molar-refractivity contribution >= 4 is 23.4 Å². The minimum absolute atomic E-state index is 0.262. The van der Waals surface area contributed by atoms with E-state index in [1.807, 2.05) is 0 Å². The maximum atomic E-state index is 13.8. The van der Waals surface area contributed by atoms with Crippen molar-refractivity contribution in [3.63, 3.8) is 0 Å². The maximum Gasteiger partial charge on any atom is 0.341 e. The molecular formula is C17H14ClFO4. The Morgan fingerprint density at radius 3 is 2.35 bits per heavy atom. The Morgan fingerprint density at radius 1 is 1.13 bits per heavy atom. The highest BCUT2D eigenvalue weighted by atomic mass is 35.5. The number of hydrogen-bond donors (Lipinski definition) is 0. The summed E-state index contributed by atoms with van der Waals surface area (Å²) in [4.78, 5) is 24.2. The third kappa shape index (κ3) is 4.07. The molecular weight excluding hydrogens is 323 g/mol. The maximum absolute atomic E-state index is 13.8. The Kier molecular flexibility index (Phi) is 5.34. The summed E-state index contributed by atoms with van der Waals surface area (Å²) in [6.07, 6.45) is -1.05. The van der Waals surface area contributed by atoms with Gasteiger partial charge in [0.05, 0.1) is 12.7 Å². The van der Waals surface area contributed by atoms with Crippen molar-refractivity contribution in [2.45, 2.75) is 13.0 Å². The second kappa shape index (κ2) is 7.24. The van der Waals surface area contributed by atoms with Crippen LogP contribution in [0.5, 0.6) is 5.75 Å². The molecule has 6 heteroatoms. The zero-order chi connectivity index (χ0) is 17.0. The SMILES string of the molecule is COc1ccc(C(=O)O[C@@H](C)C(=O)c2ccc(Cl)cc2)c(F)c1. The standard InChI is InChI=1S/C17H14ClFO4/c1-10(16(20)11-3-5-12(18)6-4-11)23-17(21)14-8-7-13(22-2)9-15(14)19/h3-10H,1-2H3/t10-/m0/s1. The van der Waals surface area contributed by atoms with Crippen LogP contribution in [0.15, 0.2) is 42.5 Å². The number of hydrogen-bond acceptors (Lipinski definition) is 4. The van der Waals surface area contributed by atoms with Gasteiger partial charge >= 0.3 is 5.97 Å². The average molecular weight is 337 g/mol. The molecule has 0 saturated heterocycles. The molecule has 0 N–H and O–H groups in total. The highest BCUT2D eigenvalue weighted by Crippen LogP contribution is 2.18. The quantitative estimate of drug-likeness (QED) is 0.613. The van der Waals surface area contributed by atoms with E-state index < -0.39 is 23.7 Å². The predicted octanol–water partition coefficient (Wildman–Crippen LogP) is 3.92. The first kappa shape index (κ1) is 17.0. The van der Waals surface area contributed by atoms with Crippen molar-refractivity contribution in [1.82, 2.24) is 0 Å². The summed E-state index contributed by atoms with van der Waals surface area (Å²) in [5.41, 5.74) is 0.0893. The van der Waals surface area contributed by atoms with Gasteiger partial charge in [-0.25, -0.2) is 9.18 Å². The number of Topliss-reactive ketones (excluding diaryl/α,β-unsaturated/α-hetero) is 1. The number of carbonyl (C=O) groups is 2. The molecule has 0 spiro atoms. The molecule has 120 valence electrons. The number of methoxy groups -OCH3 is 1. The number of ketones is 1. The second-order valence-corrected chi connectivity index (χ2v) is 5.20. The molecule has 0 aliphatic heterocycles. The summed E-state index contributed by atoms with van der Waals surface area (Å²) in [6.45, 7) is 1.43. The van der Waals surface area contributed by atoms with Crippen molar-refractivity contribution < 1.29 is 23.5 Å². The van der Waals surface area contributed by atoms with E-state index in [9.17, 15) is 14.0 Å². The summed E-state index contributed by atoms with van der Waals surface area (Å²) in [5, 5.41) is 0.492. The van der Waals surface area contributed by atoms with Gasteiger partial charge < -0.3 is 9.47 Å². The lowest BCUT2D eigenvalue weighted by Crippen LogP contribution is -2.24. The number of halogens is 2. The highest BCUT2D eigenvalue weighted by Gasteiger charge is 2.22. The zero-order valence-corrected chi connectivity index (χ0v) is 13.3. The van der Waals surface area contributed by atoms with Crippen LogP contribution >= 0.6 is 11.6 Å². The van der Waals surface area contributed by atoms with E-state index >= 15 is 0 Å². The molecule has 1 atom stereocenters. The lowest BCUT2D eigenvalue weighted by atomic mass is 10.1. The predicted molar refractivity (Wildman–Crippen MR) is 83.6 cm³/mol. The fourth-order valence-electron chi connectivity index (χ4n) is 1.91. The van der Waals surface area contributed by atoms with E-state index in [2.05, 4.69) is 0 Å². The molecule has 0 fully saturated rings. The van der Waals surface area contributed by atoms with Gasteiger partial charge in [-0.2, -0.15) is 0 Å². The Balaban J connectivity index is 2.10. The van der Waals surface area contributed by atoms with Crippen LogP contribution in [0.25, 0.3) is 0 Å². The zero-order valence-electron chi connectivity index (χ0n) is 12.5. The summed E-state index contributed by atoms with van der Waals surface area (Å²) < 4.78 is 23.7. The molecule has 0 aromatic heterocycles. The van der Waals surface area contributed by atoms with Crippen LogP contribution in [-0.4, -0.2) is 25.0 Å². The van der Waals surface area contributed by atoms with E-state index in [-0.39, 0.29) is 11.3 Å². The van der Waals surface area contributed by atoms with Crippen LogP contribution < -0.4 is 4.74 Å². The topological polar surface area (TPSA) is 52.6 Å². The van der Waals surface area contributed by atoms with Crippen molar-refractivity contribution in [1.29, 1.82) is 0 Å². The molecule has 0 amide bonds. The van der Waals surface area contributed by atoms with Gasteiger partial charge in [0.1, 0.15) is 11.6 Å². The molecule has 0 aliphatic carbocycles. The number of esters is 1. The number of benzene rings is 2. The molecule has 4 nitrogen and oxygen atoms in total. The third-order valence-electron chi connectivity index (χ3n) is 3.18. The molecule has 2 aromatic rings. The van der Waals surface area contributed by atoms with Crippen LogP contribution in [0.2, 0.25) is 5.02 Å². The molecule has 0 unspecified atom stereocenters. The van der Waals surface area contributed by atoms with E-state index in [0.717, 1.165) is 6.07 Å². The largest absolute Gasteiger partial charge is 0.497 e. The first-order valence-corrected chi connectivity index (χ1v) is 7.14. The number of carbonyl (C=O) groups excluding carboxylic acids is 2. The fourth-order valence-corrected chi connectivity index (χ4v) is 2.04. The van der Waals surface area contributed by atoms with Gasteiger partial charge in [0.15, 0.2) is 6.10 Å². The van der Waals surface area contributed by atoms with Gasteiger partial charge in [0.25, 0.3) is 0 Å². The third-order valence-corrected chi connectivity index (χ3v) is 3.43. The van der Waals surface area contributed by atoms with Crippen molar-refractivity contribution in [3.05, 3.63) is 64.4 Å². The lowest BCUT2D eigenvalue weighted by molar-refractivity contribution is 0.0314. The smallest absolute Gasteiger partial charge is 0.341 e. The molecule has 0 saturated carbocycles. The van der Waals surface area contributed by atoms with Crippen molar-refractivity contribution in [3.8, 4) is 5.75 Å². The Morgan fingerprint density at radius 2 is 1.78 bits per heavy atom. The Bertz CT molecular complexity index is 728. The van der Waals surface area contributed by atoms with E-state index in [4.69, 9.17) is 21.1 Å². The number of rotatable bonds is 5. The summed E-state index contributed by atoms with van der Waals surface area (Å²) in [5.74, 6) is -1.81. The van der Waals surface area contributed by atoms with Crippen LogP contribution in [0.4, 0.5) is 4.39 Å². The first-order chi connectivity index (χ1) is 10.9. The molecule has 0 bridgehead atoms. The van der Waals surface area contributed by atoms with Gasteiger partial charge in [-0.1, -0.05) is 11.6 Å². The monoisotopic (exact) mass is 336 g/mol. The van der Waals surface area contributed by atoms with Crippen molar-refractivity contribution in [2.24, 2.45) is 0 Å². The minimum atomic E-state index is -1.05. The lowest BCUT2D eigenvalue weighted by Gasteiger charge is -2.13. The van der Waals surface area contributed by atoms with E-state index in [1.165, 1.54) is 38.3 Å². The van der Waals surface area contributed by atoms with Gasteiger partial charge in [-0.05, 0) is 43.3 Å². The van der Waals surface area contributed by atoms with Gasteiger partial charge in [-0.15, -0.1) is 0 Å². The molecule has 23 heavy (non-hydrogen) atoms. The Labute approximate surface area is 137 Å². The Hall–Kier alpha value is -2.40. The normalized spacial score (nSPS) is 11.7. The highest BCUT2D eigenvalue weighted by molar-refractivity contribution is 6.30. The summed E-state index contributed by atoms with van der Waals surface area (Å²) in [6, 6.07) is 9.94. The van der Waals surface area contributed by atoms with Gasteiger partial charge in [0.2, 0.25) is 5.78 Å². The van der Waals surface area contributed by atoms with Gasteiger partial charge in [-0.3, -0.25) is 4.79 Å². The average Bonchev–Trinajstić information content (AvgIpc) is 2.54. The summed E-state index contributed by atoms with van der Waals surface area (Å²) >= 11 is 5.75. The molecule has 0 heterocycles. The van der Waals surface area contributed by atoms with Crippen LogP contribution in [0.3, 0.4) is 0 Å². The van der Waals surface area contributed by atoms with Crippen molar-refractivity contribution in [2.75, 3.05) is 7.11 Å². The minimum Gasteiger partial charge on any atom is -0.497 e.